The maximum absolute atomic E-state index is 12.4. The van der Waals surface area contributed by atoms with E-state index >= 15 is 0 Å². The van der Waals surface area contributed by atoms with Gasteiger partial charge in [-0.3, -0.25) is 4.79 Å². The third-order valence-electron chi connectivity index (χ3n) is 4.86. The van der Waals surface area contributed by atoms with E-state index in [2.05, 4.69) is 15.5 Å². The van der Waals surface area contributed by atoms with Gasteiger partial charge in [-0.25, -0.2) is 4.98 Å². The molecule has 132 valence electrons. The summed E-state index contributed by atoms with van der Waals surface area (Å²) in [6.45, 7) is 3.01. The Hall–Kier alpha value is -3.08. The lowest BCUT2D eigenvalue weighted by atomic mass is 10.2. The van der Waals surface area contributed by atoms with Crippen molar-refractivity contribution in [3.05, 3.63) is 66.2 Å². The third kappa shape index (κ3) is 3.20. The summed E-state index contributed by atoms with van der Waals surface area (Å²) in [6, 6.07) is 18.1. The number of para-hydroxylation sites is 2. The predicted molar refractivity (Wildman–Crippen MR) is 105 cm³/mol. The highest BCUT2D eigenvalue weighted by Gasteiger charge is 2.23. The van der Waals surface area contributed by atoms with Gasteiger partial charge in [-0.2, -0.15) is 0 Å². The molecule has 2 aromatic carbocycles. The van der Waals surface area contributed by atoms with E-state index in [1.807, 2.05) is 66.6 Å². The molecular formula is C21H22N4O. The second-order valence-electron chi connectivity index (χ2n) is 6.52. The van der Waals surface area contributed by atoms with Crippen LogP contribution in [0, 0.1) is 0 Å². The number of aromatic nitrogens is 2. The van der Waals surface area contributed by atoms with E-state index < -0.39 is 0 Å². The topological polar surface area (TPSA) is 41.4 Å². The molecule has 1 saturated heterocycles. The van der Waals surface area contributed by atoms with Gasteiger partial charge in [0.1, 0.15) is 0 Å². The number of aryl methyl sites for hydroxylation is 1. The Balaban J connectivity index is 1.41. The van der Waals surface area contributed by atoms with Crippen LogP contribution in [0.5, 0.6) is 0 Å². The first-order chi connectivity index (χ1) is 12.7. The van der Waals surface area contributed by atoms with Crippen LogP contribution in [0.25, 0.3) is 17.1 Å². The van der Waals surface area contributed by atoms with Crippen molar-refractivity contribution in [2.24, 2.45) is 7.05 Å². The lowest BCUT2D eigenvalue weighted by Gasteiger charge is -2.34. The zero-order valence-electron chi connectivity index (χ0n) is 14.9. The van der Waals surface area contributed by atoms with Crippen molar-refractivity contribution < 1.29 is 4.79 Å². The summed E-state index contributed by atoms with van der Waals surface area (Å²) >= 11 is 0. The number of benzene rings is 2. The van der Waals surface area contributed by atoms with E-state index in [-0.39, 0.29) is 5.91 Å². The Bertz CT molecular complexity index is 937. The SMILES string of the molecule is Cn1c(N2CCN(C(=O)C=Cc3ccccc3)CC2)nc2ccccc21. The number of fused-ring (bicyclic) bond motifs is 1. The van der Waals surface area contributed by atoms with Crippen LogP contribution >= 0.6 is 0 Å². The molecule has 0 radical (unpaired) electrons. The monoisotopic (exact) mass is 346 g/mol. The fourth-order valence-corrected chi connectivity index (χ4v) is 3.38. The predicted octanol–water partition coefficient (Wildman–Crippen LogP) is 2.94. The van der Waals surface area contributed by atoms with Gasteiger partial charge in [0.2, 0.25) is 11.9 Å². The van der Waals surface area contributed by atoms with Crippen molar-refractivity contribution in [1.29, 1.82) is 0 Å². The lowest BCUT2D eigenvalue weighted by molar-refractivity contribution is -0.126. The molecule has 1 aromatic heterocycles. The Morgan fingerprint density at radius 2 is 1.65 bits per heavy atom. The quantitative estimate of drug-likeness (QED) is 0.685. The fourth-order valence-electron chi connectivity index (χ4n) is 3.38. The molecule has 1 fully saturated rings. The zero-order valence-corrected chi connectivity index (χ0v) is 14.9. The van der Waals surface area contributed by atoms with Crippen molar-refractivity contribution in [3.8, 4) is 0 Å². The van der Waals surface area contributed by atoms with Crippen LogP contribution in [0.3, 0.4) is 0 Å². The molecule has 0 atom stereocenters. The summed E-state index contributed by atoms with van der Waals surface area (Å²) in [6.07, 6.45) is 3.54. The maximum atomic E-state index is 12.4. The standard InChI is InChI=1S/C21H22N4O/c1-23-19-10-6-5-9-18(19)22-21(23)25-15-13-24(14-16-25)20(26)12-11-17-7-3-2-4-8-17/h2-12H,13-16H2,1H3. The van der Waals surface area contributed by atoms with Crippen molar-refractivity contribution in [2.75, 3.05) is 31.1 Å². The minimum atomic E-state index is 0.0681. The average molecular weight is 346 g/mol. The van der Waals surface area contributed by atoms with Gasteiger partial charge in [-0.05, 0) is 23.8 Å². The van der Waals surface area contributed by atoms with Gasteiger partial charge in [-0.15, -0.1) is 0 Å². The third-order valence-corrected chi connectivity index (χ3v) is 4.86. The number of nitrogens with zero attached hydrogens (tertiary/aromatic N) is 4. The molecule has 2 heterocycles. The van der Waals surface area contributed by atoms with Gasteiger partial charge in [-0.1, -0.05) is 42.5 Å². The molecular weight excluding hydrogens is 324 g/mol. The minimum Gasteiger partial charge on any atom is -0.339 e. The first-order valence-corrected chi connectivity index (χ1v) is 8.91. The van der Waals surface area contributed by atoms with Gasteiger partial charge in [0.15, 0.2) is 0 Å². The van der Waals surface area contributed by atoms with Crippen LogP contribution < -0.4 is 4.90 Å². The fraction of sp³-hybridized carbons (Fsp3) is 0.238. The van der Waals surface area contributed by atoms with Crippen molar-refractivity contribution in [2.45, 2.75) is 0 Å². The molecule has 0 unspecified atom stereocenters. The van der Waals surface area contributed by atoms with Gasteiger partial charge < -0.3 is 14.4 Å². The summed E-state index contributed by atoms with van der Waals surface area (Å²) < 4.78 is 2.13. The number of hydrogen-bond acceptors (Lipinski definition) is 3. The number of amides is 1. The first-order valence-electron chi connectivity index (χ1n) is 8.91. The molecule has 0 saturated carbocycles. The van der Waals surface area contributed by atoms with E-state index in [1.165, 1.54) is 0 Å². The minimum absolute atomic E-state index is 0.0681. The highest BCUT2D eigenvalue weighted by molar-refractivity contribution is 5.92. The summed E-state index contributed by atoms with van der Waals surface area (Å²) in [5, 5.41) is 0. The number of rotatable bonds is 3. The molecule has 3 aromatic rings. The highest BCUT2D eigenvalue weighted by Crippen LogP contribution is 2.22. The number of carbonyl (C=O) groups is 1. The summed E-state index contributed by atoms with van der Waals surface area (Å²) in [5.74, 6) is 1.04. The maximum Gasteiger partial charge on any atom is 0.246 e. The van der Waals surface area contributed by atoms with Gasteiger partial charge in [0.25, 0.3) is 0 Å². The van der Waals surface area contributed by atoms with Crippen molar-refractivity contribution in [1.82, 2.24) is 14.5 Å². The molecule has 1 aliphatic rings. The van der Waals surface area contributed by atoms with E-state index in [4.69, 9.17) is 4.98 Å². The molecule has 0 bridgehead atoms. The summed E-state index contributed by atoms with van der Waals surface area (Å²) in [7, 11) is 2.05. The zero-order chi connectivity index (χ0) is 17.9. The highest BCUT2D eigenvalue weighted by atomic mass is 16.2. The molecule has 5 nitrogen and oxygen atoms in total. The van der Waals surface area contributed by atoms with E-state index in [0.29, 0.717) is 13.1 Å². The van der Waals surface area contributed by atoms with Crippen LogP contribution in [0.1, 0.15) is 5.56 Å². The Morgan fingerprint density at radius 3 is 2.38 bits per heavy atom. The second-order valence-corrected chi connectivity index (χ2v) is 6.52. The van der Waals surface area contributed by atoms with Crippen LogP contribution in [-0.4, -0.2) is 46.5 Å². The number of hydrogen-bond donors (Lipinski definition) is 0. The van der Waals surface area contributed by atoms with Crippen molar-refractivity contribution >= 4 is 29.0 Å². The van der Waals surface area contributed by atoms with Gasteiger partial charge in [0.05, 0.1) is 11.0 Å². The molecule has 1 amide bonds. The van der Waals surface area contributed by atoms with Crippen LogP contribution in [0.2, 0.25) is 0 Å². The molecule has 1 aliphatic heterocycles. The number of piperazine rings is 1. The molecule has 5 heteroatoms. The largest absolute Gasteiger partial charge is 0.339 e. The first kappa shape index (κ1) is 16.4. The second kappa shape index (κ2) is 7.04. The summed E-state index contributed by atoms with van der Waals surface area (Å²) in [5.41, 5.74) is 3.18. The molecule has 4 rings (SSSR count). The summed E-state index contributed by atoms with van der Waals surface area (Å²) in [4.78, 5) is 21.3. The normalized spacial score (nSPS) is 15.1. The Kier molecular flexibility index (Phi) is 4.44. The van der Waals surface area contributed by atoms with Gasteiger partial charge >= 0.3 is 0 Å². The number of carbonyl (C=O) groups excluding carboxylic acids is 1. The lowest BCUT2D eigenvalue weighted by Crippen LogP contribution is -2.49. The molecule has 0 spiro atoms. The Morgan fingerprint density at radius 1 is 0.962 bits per heavy atom. The van der Waals surface area contributed by atoms with Crippen LogP contribution in [-0.2, 0) is 11.8 Å². The van der Waals surface area contributed by atoms with Crippen LogP contribution in [0.15, 0.2) is 60.7 Å². The van der Waals surface area contributed by atoms with E-state index in [0.717, 1.165) is 35.6 Å². The van der Waals surface area contributed by atoms with Crippen molar-refractivity contribution in [3.63, 3.8) is 0 Å². The van der Waals surface area contributed by atoms with Crippen LogP contribution in [0.4, 0.5) is 5.95 Å². The number of anilines is 1. The average Bonchev–Trinajstić information content (AvgIpc) is 3.04. The van der Waals surface area contributed by atoms with E-state index in [9.17, 15) is 4.79 Å². The smallest absolute Gasteiger partial charge is 0.246 e. The molecule has 0 aliphatic carbocycles. The van der Waals surface area contributed by atoms with Gasteiger partial charge in [0, 0.05) is 39.3 Å². The molecule has 0 N–H and O–H groups in total. The number of imidazole rings is 1. The van der Waals surface area contributed by atoms with E-state index in [1.54, 1.807) is 6.08 Å². The Labute approximate surface area is 153 Å². The molecule has 26 heavy (non-hydrogen) atoms.